The van der Waals surface area contributed by atoms with Crippen molar-refractivity contribution in [1.29, 1.82) is 0 Å². The molecule has 3 heterocycles. The molecule has 28 heavy (non-hydrogen) atoms. The maximum atomic E-state index is 13.3. The van der Waals surface area contributed by atoms with Gasteiger partial charge in [0, 0.05) is 66.6 Å². The largest absolute Gasteiger partial charge is 0.335 e. The molecule has 0 aromatic carbocycles. The number of amides is 1. The van der Waals surface area contributed by atoms with Gasteiger partial charge in [0.1, 0.15) is 5.01 Å². The molecule has 0 aliphatic heterocycles. The molecule has 144 valence electrons. The van der Waals surface area contributed by atoms with Crippen LogP contribution in [0.2, 0.25) is 0 Å². The Hall–Kier alpha value is -2.54. The van der Waals surface area contributed by atoms with Gasteiger partial charge >= 0.3 is 0 Å². The van der Waals surface area contributed by atoms with Crippen molar-refractivity contribution in [1.82, 2.24) is 24.6 Å². The number of rotatable bonds is 5. The summed E-state index contributed by atoms with van der Waals surface area (Å²) in [6.07, 6.45) is 12.3. The molecule has 1 fully saturated rings. The van der Waals surface area contributed by atoms with Crippen molar-refractivity contribution in [2.75, 3.05) is 0 Å². The third-order valence-electron chi connectivity index (χ3n) is 5.60. The molecule has 3 aromatic heterocycles. The van der Waals surface area contributed by atoms with Crippen LogP contribution in [-0.4, -0.2) is 36.6 Å². The Morgan fingerprint density at radius 2 is 2.11 bits per heavy atom. The van der Waals surface area contributed by atoms with Gasteiger partial charge in [-0.2, -0.15) is 5.10 Å². The standard InChI is InChI=1S/C21H23N5OS/c1-25-12-14(11-23-25)13-26(17-3-4-17)21(27)16-2-5-19-18(10-16)24-20(28-19)15-6-8-22-9-7-15/h6-9,11-12,16-17H,2-5,10,13H2,1H3. The van der Waals surface area contributed by atoms with Crippen molar-refractivity contribution in [3.05, 3.63) is 53.1 Å². The van der Waals surface area contributed by atoms with Crippen molar-refractivity contribution in [2.24, 2.45) is 13.0 Å². The van der Waals surface area contributed by atoms with Crippen LogP contribution in [0, 0.1) is 5.92 Å². The summed E-state index contributed by atoms with van der Waals surface area (Å²) in [5.41, 5.74) is 3.32. The molecule has 0 saturated heterocycles. The van der Waals surface area contributed by atoms with Gasteiger partial charge in [-0.25, -0.2) is 4.98 Å². The number of thiazole rings is 1. The van der Waals surface area contributed by atoms with Crippen LogP contribution in [-0.2, 0) is 31.2 Å². The summed E-state index contributed by atoms with van der Waals surface area (Å²) in [7, 11) is 1.91. The lowest BCUT2D eigenvalue weighted by molar-refractivity contribution is -0.137. The highest BCUT2D eigenvalue weighted by atomic mass is 32.1. The van der Waals surface area contributed by atoms with Crippen molar-refractivity contribution in [3.63, 3.8) is 0 Å². The van der Waals surface area contributed by atoms with E-state index in [9.17, 15) is 4.79 Å². The monoisotopic (exact) mass is 393 g/mol. The Morgan fingerprint density at radius 1 is 1.29 bits per heavy atom. The molecule has 2 aliphatic rings. The Kier molecular flexibility index (Phi) is 4.47. The minimum atomic E-state index is 0.0390. The number of nitrogens with zero attached hydrogens (tertiary/aromatic N) is 5. The molecule has 2 aliphatic carbocycles. The number of carbonyl (C=O) groups excluding carboxylic acids is 1. The van der Waals surface area contributed by atoms with Crippen LogP contribution in [0.1, 0.15) is 35.4 Å². The van der Waals surface area contributed by atoms with E-state index in [0.717, 1.165) is 53.9 Å². The number of hydrogen-bond acceptors (Lipinski definition) is 5. The highest BCUT2D eigenvalue weighted by Gasteiger charge is 2.37. The highest BCUT2D eigenvalue weighted by Crippen LogP contribution is 2.37. The number of carbonyl (C=O) groups is 1. The van der Waals surface area contributed by atoms with Gasteiger partial charge in [0.2, 0.25) is 5.91 Å². The van der Waals surface area contributed by atoms with Crippen LogP contribution in [0.3, 0.4) is 0 Å². The van der Waals surface area contributed by atoms with Crippen LogP contribution in [0.15, 0.2) is 36.9 Å². The lowest BCUT2D eigenvalue weighted by Gasteiger charge is -2.29. The first-order chi connectivity index (χ1) is 13.7. The predicted molar refractivity (Wildman–Crippen MR) is 108 cm³/mol. The van der Waals surface area contributed by atoms with E-state index >= 15 is 0 Å². The van der Waals surface area contributed by atoms with Gasteiger partial charge < -0.3 is 4.90 Å². The van der Waals surface area contributed by atoms with Gasteiger partial charge in [-0.3, -0.25) is 14.5 Å². The number of hydrogen-bond donors (Lipinski definition) is 0. The highest BCUT2D eigenvalue weighted by molar-refractivity contribution is 7.15. The van der Waals surface area contributed by atoms with E-state index in [0.29, 0.717) is 12.6 Å². The number of aryl methyl sites for hydroxylation is 2. The fraction of sp³-hybridized carbons (Fsp3) is 0.429. The molecule has 1 saturated carbocycles. The Labute approximate surface area is 168 Å². The van der Waals surface area contributed by atoms with Gasteiger partial charge in [-0.1, -0.05) is 0 Å². The number of pyridine rings is 1. The summed E-state index contributed by atoms with van der Waals surface area (Å²) in [6, 6.07) is 4.39. The zero-order valence-corrected chi connectivity index (χ0v) is 16.7. The Morgan fingerprint density at radius 3 is 2.82 bits per heavy atom. The van der Waals surface area contributed by atoms with Crippen LogP contribution < -0.4 is 0 Å². The average Bonchev–Trinajstić information content (AvgIpc) is 3.34. The van der Waals surface area contributed by atoms with E-state index in [4.69, 9.17) is 4.98 Å². The smallest absolute Gasteiger partial charge is 0.226 e. The average molecular weight is 394 g/mol. The van der Waals surface area contributed by atoms with E-state index in [-0.39, 0.29) is 11.8 Å². The number of aromatic nitrogens is 4. The van der Waals surface area contributed by atoms with E-state index in [2.05, 4.69) is 15.0 Å². The first-order valence-corrected chi connectivity index (χ1v) is 10.7. The maximum Gasteiger partial charge on any atom is 0.226 e. The predicted octanol–water partition coefficient (Wildman–Crippen LogP) is 3.23. The molecule has 0 bridgehead atoms. The van der Waals surface area contributed by atoms with Crippen LogP contribution in [0.25, 0.3) is 10.6 Å². The molecule has 5 rings (SSSR count). The Balaban J connectivity index is 1.33. The minimum Gasteiger partial charge on any atom is -0.335 e. The van der Waals surface area contributed by atoms with Crippen molar-refractivity contribution >= 4 is 17.2 Å². The van der Waals surface area contributed by atoms with Crippen LogP contribution >= 0.6 is 11.3 Å². The molecular weight excluding hydrogens is 370 g/mol. The second-order valence-electron chi connectivity index (χ2n) is 7.78. The molecular formula is C21H23N5OS. The minimum absolute atomic E-state index is 0.0390. The van der Waals surface area contributed by atoms with E-state index in [1.165, 1.54) is 4.88 Å². The third-order valence-corrected chi connectivity index (χ3v) is 6.80. The normalized spacial score (nSPS) is 18.7. The first-order valence-electron chi connectivity index (χ1n) is 9.84. The zero-order valence-electron chi connectivity index (χ0n) is 15.9. The SMILES string of the molecule is Cn1cc(CN(C(=O)C2CCc3sc(-c4ccncc4)nc3C2)C2CC2)cn1. The molecule has 0 radical (unpaired) electrons. The second kappa shape index (κ2) is 7.13. The first kappa shape index (κ1) is 17.6. The fourth-order valence-corrected chi connectivity index (χ4v) is 5.08. The van der Waals surface area contributed by atoms with Gasteiger partial charge in [0.15, 0.2) is 0 Å². The zero-order chi connectivity index (χ0) is 19.1. The van der Waals surface area contributed by atoms with Gasteiger partial charge in [-0.15, -0.1) is 11.3 Å². The summed E-state index contributed by atoms with van der Waals surface area (Å²) in [6.45, 7) is 0.667. The lowest BCUT2D eigenvalue weighted by atomic mass is 9.89. The molecule has 0 N–H and O–H groups in total. The Bertz CT molecular complexity index is 991. The maximum absolute atomic E-state index is 13.3. The van der Waals surface area contributed by atoms with Gasteiger partial charge in [0.25, 0.3) is 0 Å². The van der Waals surface area contributed by atoms with Gasteiger partial charge in [0.05, 0.1) is 11.9 Å². The molecule has 0 spiro atoms. The van der Waals surface area contributed by atoms with E-state index in [1.807, 2.05) is 31.6 Å². The summed E-state index contributed by atoms with van der Waals surface area (Å²) >= 11 is 1.76. The van der Waals surface area contributed by atoms with E-state index in [1.54, 1.807) is 28.4 Å². The molecule has 1 atom stereocenters. The lowest BCUT2D eigenvalue weighted by Crippen LogP contribution is -2.39. The number of fused-ring (bicyclic) bond motifs is 1. The van der Waals surface area contributed by atoms with Crippen molar-refractivity contribution < 1.29 is 4.79 Å². The topological polar surface area (TPSA) is 63.9 Å². The van der Waals surface area contributed by atoms with Crippen LogP contribution in [0.5, 0.6) is 0 Å². The molecule has 3 aromatic rings. The second-order valence-corrected chi connectivity index (χ2v) is 8.87. The summed E-state index contributed by atoms with van der Waals surface area (Å²) in [4.78, 5) is 25.7. The van der Waals surface area contributed by atoms with E-state index < -0.39 is 0 Å². The third kappa shape index (κ3) is 3.46. The van der Waals surface area contributed by atoms with Crippen molar-refractivity contribution in [2.45, 2.75) is 44.7 Å². The van der Waals surface area contributed by atoms with Crippen LogP contribution in [0.4, 0.5) is 0 Å². The van der Waals surface area contributed by atoms with Crippen molar-refractivity contribution in [3.8, 4) is 10.6 Å². The summed E-state index contributed by atoms with van der Waals surface area (Å²) in [5.74, 6) is 0.327. The molecule has 1 unspecified atom stereocenters. The molecule has 6 nitrogen and oxygen atoms in total. The summed E-state index contributed by atoms with van der Waals surface area (Å²) < 4.78 is 1.80. The molecule has 7 heteroatoms. The quantitative estimate of drug-likeness (QED) is 0.668. The fourth-order valence-electron chi connectivity index (χ4n) is 3.97. The summed E-state index contributed by atoms with van der Waals surface area (Å²) in [5, 5.41) is 5.29. The van der Waals surface area contributed by atoms with Gasteiger partial charge in [-0.05, 0) is 37.8 Å². The molecule has 1 amide bonds.